The average molecular weight is 589 g/mol. The van der Waals surface area contributed by atoms with Crippen LogP contribution in [0, 0.1) is 5.82 Å². The number of imidazole rings is 1. The number of rotatable bonds is 11. The Kier molecular flexibility index (Phi) is 8.74. The van der Waals surface area contributed by atoms with Gasteiger partial charge in [0.1, 0.15) is 17.9 Å². The van der Waals surface area contributed by atoms with Crippen molar-refractivity contribution < 1.29 is 23.5 Å². The molecule has 2 N–H and O–H groups in total. The number of para-hydroxylation sites is 2. The van der Waals surface area contributed by atoms with Crippen LogP contribution < -0.4 is 20.1 Å². The average Bonchev–Trinajstić information content (AvgIpc) is 3.61. The van der Waals surface area contributed by atoms with Crippen LogP contribution in [0.1, 0.15) is 6.42 Å². The third kappa shape index (κ3) is 6.90. The largest absolute Gasteiger partial charge is 0.495 e. The smallest absolute Gasteiger partial charge is 0.233 e. The normalized spacial score (nSPS) is 11.1. The molecule has 10 nitrogen and oxygen atoms in total. The Morgan fingerprint density at radius 3 is 2.60 bits per heavy atom. The number of halogens is 1. The quantitative estimate of drug-likeness (QED) is 0.193. The summed E-state index contributed by atoms with van der Waals surface area (Å²) in [5.41, 5.74) is 2.18. The topological polar surface area (TPSA) is 111 Å². The summed E-state index contributed by atoms with van der Waals surface area (Å²) in [5, 5.41) is 5.17. The van der Waals surface area contributed by atoms with Gasteiger partial charge in [-0.2, -0.15) is 0 Å². The summed E-state index contributed by atoms with van der Waals surface area (Å²) >= 11 is 1.46. The van der Waals surface area contributed by atoms with Gasteiger partial charge in [-0.05, 0) is 44.4 Å². The minimum absolute atomic E-state index is 0.0164. The van der Waals surface area contributed by atoms with Gasteiger partial charge in [0.25, 0.3) is 0 Å². The van der Waals surface area contributed by atoms with Crippen molar-refractivity contribution >= 4 is 44.7 Å². The van der Waals surface area contributed by atoms with Gasteiger partial charge in [-0.3, -0.25) is 14.6 Å². The first-order chi connectivity index (χ1) is 20.3. The molecule has 0 unspecified atom stereocenters. The molecule has 3 heterocycles. The Morgan fingerprint density at radius 1 is 1.00 bits per heavy atom. The summed E-state index contributed by atoms with van der Waals surface area (Å²) < 4.78 is 28.9. The lowest BCUT2D eigenvalue weighted by Crippen LogP contribution is -2.21. The lowest BCUT2D eigenvalue weighted by molar-refractivity contribution is -0.123. The van der Waals surface area contributed by atoms with Crippen molar-refractivity contribution in [2.45, 2.75) is 13.0 Å². The van der Waals surface area contributed by atoms with Crippen LogP contribution in [-0.2, 0) is 16.1 Å². The van der Waals surface area contributed by atoms with E-state index in [4.69, 9.17) is 9.47 Å². The Morgan fingerprint density at radius 2 is 1.81 bits per heavy atom. The predicted molar refractivity (Wildman–Crippen MR) is 161 cm³/mol. The van der Waals surface area contributed by atoms with E-state index < -0.39 is 24.1 Å². The second kappa shape index (κ2) is 12.8. The van der Waals surface area contributed by atoms with E-state index in [0.29, 0.717) is 22.7 Å². The zero-order chi connectivity index (χ0) is 29.6. The van der Waals surface area contributed by atoms with E-state index >= 15 is 4.39 Å². The van der Waals surface area contributed by atoms with Crippen molar-refractivity contribution in [2.24, 2.45) is 0 Å². The van der Waals surface area contributed by atoms with Crippen LogP contribution in [0.15, 0.2) is 73.3 Å². The number of benzene rings is 2. The van der Waals surface area contributed by atoms with Gasteiger partial charge >= 0.3 is 0 Å². The van der Waals surface area contributed by atoms with Gasteiger partial charge in [0.2, 0.25) is 11.8 Å². The number of ether oxygens (including phenoxy) is 2. The molecular formula is C30H29FN6O4S. The number of nitrogens with one attached hydrogen (secondary N) is 2. The highest BCUT2D eigenvalue weighted by molar-refractivity contribution is 7.22. The highest BCUT2D eigenvalue weighted by Gasteiger charge is 2.16. The molecule has 0 aliphatic heterocycles. The predicted octanol–water partition coefficient (Wildman–Crippen LogP) is 5.63. The van der Waals surface area contributed by atoms with E-state index in [0.717, 1.165) is 34.4 Å². The molecular weight excluding hydrogens is 559 g/mol. The molecule has 216 valence electrons. The first-order valence-electron chi connectivity index (χ1n) is 13.0. The standard InChI is InChI=1S/C30H29FN6O4S/c1-36(2)12-13-37-17-23(33-18-37)27-15-22-30(42-27)26(10-11-32-22)41-24-9-8-19(14-20(24)31)34-28(38)16-29(39)35-21-6-4-5-7-25(21)40-3/h4-11,14-15,17-18H,12-13,16H2,1-3H3,(H,34,38)(H,35,39). The SMILES string of the molecule is COc1ccccc1NC(=O)CC(=O)Nc1ccc(Oc2ccnc3cc(-c4cn(CCN(C)C)cn4)sc23)c(F)c1. The number of aromatic nitrogens is 3. The second-order valence-electron chi connectivity index (χ2n) is 9.65. The Hall–Kier alpha value is -4.81. The van der Waals surface area contributed by atoms with E-state index in [2.05, 4.69) is 25.5 Å². The molecule has 2 aromatic carbocycles. The fourth-order valence-corrected chi connectivity index (χ4v) is 5.15. The molecule has 42 heavy (non-hydrogen) atoms. The number of likely N-dealkylation sites (N-methyl/N-ethyl adjacent to an activating group) is 1. The molecule has 12 heteroatoms. The number of carbonyl (C=O) groups excluding carboxylic acids is 2. The number of nitrogens with zero attached hydrogens (tertiary/aromatic N) is 4. The zero-order valence-electron chi connectivity index (χ0n) is 23.3. The monoisotopic (exact) mass is 588 g/mol. The van der Waals surface area contributed by atoms with Gasteiger partial charge in [0.15, 0.2) is 11.6 Å². The van der Waals surface area contributed by atoms with Crippen LogP contribution in [0.3, 0.4) is 0 Å². The third-order valence-electron chi connectivity index (χ3n) is 6.20. The van der Waals surface area contributed by atoms with Crippen LogP contribution in [-0.4, -0.2) is 59.0 Å². The Balaban J connectivity index is 1.24. The molecule has 0 saturated carbocycles. The molecule has 0 radical (unpaired) electrons. The van der Waals surface area contributed by atoms with Crippen molar-refractivity contribution in [2.75, 3.05) is 38.4 Å². The van der Waals surface area contributed by atoms with E-state index in [1.807, 2.05) is 30.9 Å². The van der Waals surface area contributed by atoms with Crippen LogP contribution in [0.2, 0.25) is 0 Å². The van der Waals surface area contributed by atoms with Crippen molar-refractivity contribution in [3.05, 3.63) is 79.1 Å². The summed E-state index contributed by atoms with van der Waals surface area (Å²) in [4.78, 5) is 36.7. The van der Waals surface area contributed by atoms with Crippen LogP contribution in [0.5, 0.6) is 17.2 Å². The van der Waals surface area contributed by atoms with Crippen LogP contribution >= 0.6 is 11.3 Å². The lowest BCUT2D eigenvalue weighted by Gasteiger charge is -2.11. The van der Waals surface area contributed by atoms with Gasteiger partial charge in [-0.1, -0.05) is 12.1 Å². The third-order valence-corrected chi connectivity index (χ3v) is 7.37. The molecule has 2 amide bonds. The number of fused-ring (bicyclic) bond motifs is 1. The molecule has 0 aliphatic rings. The van der Waals surface area contributed by atoms with E-state index in [1.165, 1.54) is 30.6 Å². The molecule has 0 saturated heterocycles. The van der Waals surface area contributed by atoms with Crippen LogP contribution in [0.4, 0.5) is 15.8 Å². The van der Waals surface area contributed by atoms with Gasteiger partial charge in [-0.15, -0.1) is 11.3 Å². The van der Waals surface area contributed by atoms with Gasteiger partial charge in [-0.25, -0.2) is 9.37 Å². The number of amides is 2. The summed E-state index contributed by atoms with van der Waals surface area (Å²) in [6.45, 7) is 1.72. The van der Waals surface area contributed by atoms with E-state index in [9.17, 15) is 9.59 Å². The number of anilines is 2. The maximum atomic E-state index is 15.0. The van der Waals surface area contributed by atoms with Crippen molar-refractivity contribution in [3.63, 3.8) is 0 Å². The van der Waals surface area contributed by atoms with Gasteiger partial charge in [0, 0.05) is 43.3 Å². The summed E-state index contributed by atoms with van der Waals surface area (Å²) in [6, 6.07) is 14.5. The van der Waals surface area contributed by atoms with Crippen molar-refractivity contribution in [1.29, 1.82) is 0 Å². The number of thiophene rings is 1. The molecule has 0 bridgehead atoms. The molecule has 5 rings (SSSR count). The molecule has 3 aromatic heterocycles. The minimum atomic E-state index is -0.673. The van der Waals surface area contributed by atoms with Crippen LogP contribution in [0.25, 0.3) is 20.8 Å². The molecule has 5 aromatic rings. The van der Waals surface area contributed by atoms with E-state index in [-0.39, 0.29) is 11.4 Å². The van der Waals surface area contributed by atoms with Crippen molar-refractivity contribution in [1.82, 2.24) is 19.4 Å². The lowest BCUT2D eigenvalue weighted by atomic mass is 10.2. The number of carbonyl (C=O) groups is 2. The molecule has 0 fully saturated rings. The Labute approximate surface area is 245 Å². The highest BCUT2D eigenvalue weighted by Crippen LogP contribution is 2.39. The number of pyridine rings is 1. The Bertz CT molecular complexity index is 1730. The fourth-order valence-electron chi connectivity index (χ4n) is 4.12. The number of hydrogen-bond donors (Lipinski definition) is 2. The zero-order valence-corrected chi connectivity index (χ0v) is 24.1. The molecule has 0 atom stereocenters. The van der Waals surface area contributed by atoms with Crippen molar-refractivity contribution in [3.8, 4) is 27.8 Å². The van der Waals surface area contributed by atoms with E-state index in [1.54, 1.807) is 42.9 Å². The maximum Gasteiger partial charge on any atom is 0.233 e. The van der Waals surface area contributed by atoms with Gasteiger partial charge in [0.05, 0.1) is 39.9 Å². The summed E-state index contributed by atoms with van der Waals surface area (Å²) in [7, 11) is 5.53. The molecule has 0 spiro atoms. The maximum absolute atomic E-state index is 15.0. The summed E-state index contributed by atoms with van der Waals surface area (Å²) in [5.74, 6) is -0.895. The number of methoxy groups -OCH3 is 1. The fraction of sp³-hybridized carbons (Fsp3) is 0.200. The highest BCUT2D eigenvalue weighted by atomic mass is 32.1. The first-order valence-corrected chi connectivity index (χ1v) is 13.9. The number of hydrogen-bond acceptors (Lipinski definition) is 8. The van der Waals surface area contributed by atoms with Gasteiger partial charge < -0.3 is 29.6 Å². The minimum Gasteiger partial charge on any atom is -0.495 e. The first kappa shape index (κ1) is 28.7. The second-order valence-corrected chi connectivity index (χ2v) is 10.7. The molecule has 0 aliphatic carbocycles. The summed E-state index contributed by atoms with van der Waals surface area (Å²) in [6.07, 6.45) is 4.94.